The Labute approximate surface area is 117 Å². The standard InChI is InChI=1S/C11H11Br2NOS/c12-9-2-1-8(4-10(9)13)14-5-7(6-16)3-11(14)15/h1-2,4,7,16H,3,5-6H2. The van der Waals surface area contributed by atoms with Crippen LogP contribution in [0.25, 0.3) is 0 Å². The Balaban J connectivity index is 2.24. The quantitative estimate of drug-likeness (QED) is 0.796. The van der Waals surface area contributed by atoms with E-state index in [4.69, 9.17) is 0 Å². The molecule has 16 heavy (non-hydrogen) atoms. The molecule has 0 aromatic heterocycles. The number of thiol groups is 1. The number of anilines is 1. The highest BCUT2D eigenvalue weighted by atomic mass is 79.9. The molecule has 1 aliphatic rings. The second-order valence-corrected chi connectivity index (χ2v) is 5.93. The molecule has 1 amide bonds. The summed E-state index contributed by atoms with van der Waals surface area (Å²) in [5.74, 6) is 1.33. The van der Waals surface area contributed by atoms with Gasteiger partial charge in [-0.05, 0) is 61.7 Å². The maximum atomic E-state index is 11.8. The van der Waals surface area contributed by atoms with Crippen LogP contribution in [0.3, 0.4) is 0 Å². The molecule has 0 N–H and O–H groups in total. The molecule has 1 aromatic carbocycles. The van der Waals surface area contributed by atoms with Crippen LogP contribution in [0.2, 0.25) is 0 Å². The first-order valence-electron chi connectivity index (χ1n) is 4.98. The van der Waals surface area contributed by atoms with Crippen LogP contribution >= 0.6 is 44.5 Å². The van der Waals surface area contributed by atoms with E-state index in [9.17, 15) is 4.79 Å². The third-order valence-corrected chi connectivity index (χ3v) is 5.07. The van der Waals surface area contributed by atoms with Crippen LogP contribution in [0.1, 0.15) is 6.42 Å². The molecule has 0 radical (unpaired) electrons. The van der Waals surface area contributed by atoms with Crippen molar-refractivity contribution in [3.05, 3.63) is 27.1 Å². The number of carbonyl (C=O) groups excluding carboxylic acids is 1. The number of halogens is 2. The van der Waals surface area contributed by atoms with Crippen molar-refractivity contribution in [3.63, 3.8) is 0 Å². The first-order valence-corrected chi connectivity index (χ1v) is 7.20. The van der Waals surface area contributed by atoms with E-state index in [0.29, 0.717) is 12.3 Å². The molecule has 0 saturated carbocycles. The lowest BCUT2D eigenvalue weighted by Crippen LogP contribution is -2.24. The van der Waals surface area contributed by atoms with E-state index in [0.717, 1.165) is 26.9 Å². The molecular formula is C11H11Br2NOS. The lowest BCUT2D eigenvalue weighted by atomic mass is 10.1. The lowest BCUT2D eigenvalue weighted by molar-refractivity contribution is -0.117. The molecule has 1 unspecified atom stereocenters. The topological polar surface area (TPSA) is 20.3 Å². The van der Waals surface area contributed by atoms with Gasteiger partial charge in [0, 0.05) is 27.6 Å². The highest BCUT2D eigenvalue weighted by Crippen LogP contribution is 2.31. The molecule has 5 heteroatoms. The fourth-order valence-corrected chi connectivity index (χ4v) is 2.66. The third kappa shape index (κ3) is 2.46. The minimum Gasteiger partial charge on any atom is -0.312 e. The molecule has 1 aliphatic heterocycles. The largest absolute Gasteiger partial charge is 0.312 e. The van der Waals surface area contributed by atoms with Gasteiger partial charge in [0.25, 0.3) is 0 Å². The zero-order chi connectivity index (χ0) is 11.7. The molecule has 0 bridgehead atoms. The Morgan fingerprint density at radius 2 is 2.12 bits per heavy atom. The summed E-state index contributed by atoms with van der Waals surface area (Å²) in [4.78, 5) is 13.6. The summed E-state index contributed by atoms with van der Waals surface area (Å²) in [5, 5.41) is 0. The van der Waals surface area contributed by atoms with Gasteiger partial charge in [0.1, 0.15) is 0 Å². The summed E-state index contributed by atoms with van der Waals surface area (Å²) in [6.07, 6.45) is 0.608. The van der Waals surface area contributed by atoms with Crippen molar-refractivity contribution in [3.8, 4) is 0 Å². The van der Waals surface area contributed by atoms with Crippen molar-refractivity contribution >= 4 is 56.1 Å². The maximum absolute atomic E-state index is 11.8. The Morgan fingerprint density at radius 3 is 2.69 bits per heavy atom. The number of amides is 1. The molecule has 2 rings (SSSR count). The summed E-state index contributed by atoms with van der Waals surface area (Å²) in [6.45, 7) is 0.774. The van der Waals surface area contributed by atoms with Gasteiger partial charge in [0.2, 0.25) is 5.91 Å². The molecule has 1 saturated heterocycles. The Bertz CT molecular complexity index is 424. The van der Waals surface area contributed by atoms with Crippen LogP contribution < -0.4 is 4.90 Å². The SMILES string of the molecule is O=C1CC(CS)CN1c1ccc(Br)c(Br)c1. The van der Waals surface area contributed by atoms with Crippen LogP contribution in [-0.2, 0) is 4.79 Å². The second kappa shape index (κ2) is 5.10. The number of hydrogen-bond acceptors (Lipinski definition) is 2. The van der Waals surface area contributed by atoms with E-state index in [1.54, 1.807) is 0 Å². The van der Waals surface area contributed by atoms with E-state index in [2.05, 4.69) is 44.5 Å². The molecule has 0 spiro atoms. The van der Waals surface area contributed by atoms with Gasteiger partial charge in [0.15, 0.2) is 0 Å². The van der Waals surface area contributed by atoms with Crippen molar-refractivity contribution in [2.45, 2.75) is 6.42 Å². The minimum atomic E-state index is 0.188. The Hall–Kier alpha value is -0.000000000000000111. The summed E-state index contributed by atoms with van der Waals surface area (Å²) < 4.78 is 1.96. The predicted octanol–water partition coefficient (Wildman–Crippen LogP) is 3.49. The van der Waals surface area contributed by atoms with E-state index in [-0.39, 0.29) is 5.91 Å². The zero-order valence-corrected chi connectivity index (χ0v) is 12.6. The first-order chi connectivity index (χ1) is 7.61. The van der Waals surface area contributed by atoms with E-state index >= 15 is 0 Å². The summed E-state index contributed by atoms with van der Waals surface area (Å²) in [6, 6.07) is 5.86. The van der Waals surface area contributed by atoms with E-state index in [1.807, 2.05) is 23.1 Å². The van der Waals surface area contributed by atoms with Crippen LogP contribution in [0.4, 0.5) is 5.69 Å². The highest BCUT2D eigenvalue weighted by molar-refractivity contribution is 9.13. The Kier molecular flexibility index (Phi) is 3.97. The van der Waals surface area contributed by atoms with E-state index in [1.165, 1.54) is 0 Å². The fourth-order valence-electron chi connectivity index (χ4n) is 1.81. The van der Waals surface area contributed by atoms with Crippen molar-refractivity contribution in [1.82, 2.24) is 0 Å². The van der Waals surface area contributed by atoms with Crippen molar-refractivity contribution in [2.24, 2.45) is 5.92 Å². The van der Waals surface area contributed by atoms with Crippen LogP contribution in [0.15, 0.2) is 27.1 Å². The lowest BCUT2D eigenvalue weighted by Gasteiger charge is -2.17. The number of rotatable bonds is 2. The van der Waals surface area contributed by atoms with Crippen molar-refractivity contribution in [2.75, 3.05) is 17.2 Å². The summed E-state index contributed by atoms with van der Waals surface area (Å²) in [7, 11) is 0. The molecule has 2 nitrogen and oxygen atoms in total. The van der Waals surface area contributed by atoms with Gasteiger partial charge < -0.3 is 4.90 Å². The molecule has 1 heterocycles. The zero-order valence-electron chi connectivity index (χ0n) is 8.49. The van der Waals surface area contributed by atoms with Crippen LogP contribution in [0.5, 0.6) is 0 Å². The summed E-state index contributed by atoms with van der Waals surface area (Å²) in [5.41, 5.74) is 0.948. The van der Waals surface area contributed by atoms with Gasteiger partial charge in [-0.2, -0.15) is 12.6 Å². The van der Waals surface area contributed by atoms with Gasteiger partial charge in [0.05, 0.1) is 0 Å². The number of carbonyl (C=O) groups is 1. The molecule has 86 valence electrons. The molecular weight excluding hydrogens is 354 g/mol. The molecule has 1 atom stereocenters. The van der Waals surface area contributed by atoms with Gasteiger partial charge in [-0.15, -0.1) is 0 Å². The first kappa shape index (κ1) is 12.5. The fraction of sp³-hybridized carbons (Fsp3) is 0.364. The Morgan fingerprint density at radius 1 is 1.38 bits per heavy atom. The maximum Gasteiger partial charge on any atom is 0.227 e. The smallest absolute Gasteiger partial charge is 0.227 e. The van der Waals surface area contributed by atoms with Crippen molar-refractivity contribution in [1.29, 1.82) is 0 Å². The van der Waals surface area contributed by atoms with Crippen molar-refractivity contribution < 1.29 is 4.79 Å². The minimum absolute atomic E-state index is 0.188. The molecule has 0 aliphatic carbocycles. The molecule has 1 fully saturated rings. The van der Waals surface area contributed by atoms with Crippen LogP contribution in [-0.4, -0.2) is 18.2 Å². The number of benzene rings is 1. The summed E-state index contributed by atoms with van der Waals surface area (Å²) >= 11 is 11.1. The van der Waals surface area contributed by atoms with Crippen LogP contribution in [0, 0.1) is 5.92 Å². The number of hydrogen-bond donors (Lipinski definition) is 1. The van der Waals surface area contributed by atoms with E-state index < -0.39 is 0 Å². The third-order valence-electron chi connectivity index (χ3n) is 2.68. The molecule has 1 aromatic rings. The number of nitrogens with zero attached hydrogens (tertiary/aromatic N) is 1. The van der Waals surface area contributed by atoms with Gasteiger partial charge >= 0.3 is 0 Å². The second-order valence-electron chi connectivity index (χ2n) is 3.86. The highest BCUT2D eigenvalue weighted by Gasteiger charge is 2.29. The predicted molar refractivity (Wildman–Crippen MR) is 76.2 cm³/mol. The average Bonchev–Trinajstić information content (AvgIpc) is 2.64. The van der Waals surface area contributed by atoms with Gasteiger partial charge in [-0.1, -0.05) is 0 Å². The van der Waals surface area contributed by atoms with Gasteiger partial charge in [-0.25, -0.2) is 0 Å². The average molecular weight is 365 g/mol. The monoisotopic (exact) mass is 363 g/mol. The normalized spacial score (nSPS) is 20.6. The van der Waals surface area contributed by atoms with Gasteiger partial charge in [-0.3, -0.25) is 4.79 Å².